The van der Waals surface area contributed by atoms with Gasteiger partial charge in [-0.1, -0.05) is 27.7 Å². The van der Waals surface area contributed by atoms with Crippen molar-refractivity contribution in [3.63, 3.8) is 0 Å². The number of halogens is 1. The number of aryl methyl sites for hydroxylation is 1. The van der Waals surface area contributed by atoms with E-state index >= 15 is 0 Å². The van der Waals surface area contributed by atoms with Crippen LogP contribution in [0.15, 0.2) is 33.1 Å². The van der Waals surface area contributed by atoms with E-state index in [1.165, 1.54) is 23.1 Å². The van der Waals surface area contributed by atoms with Gasteiger partial charge in [-0.25, -0.2) is 9.78 Å². The number of thiazole rings is 1. The second kappa shape index (κ2) is 7.10. The average Bonchev–Trinajstić information content (AvgIpc) is 2.78. The van der Waals surface area contributed by atoms with Crippen LogP contribution in [-0.2, 0) is 0 Å². The molecule has 0 saturated carbocycles. The zero-order valence-electron chi connectivity index (χ0n) is 10.6. The van der Waals surface area contributed by atoms with Crippen LogP contribution in [0.25, 0.3) is 0 Å². The van der Waals surface area contributed by atoms with E-state index in [4.69, 9.17) is 9.84 Å². The topological polar surface area (TPSA) is 59.4 Å². The van der Waals surface area contributed by atoms with Gasteiger partial charge < -0.3 is 9.84 Å². The zero-order chi connectivity index (χ0) is 14.5. The van der Waals surface area contributed by atoms with E-state index in [1.54, 1.807) is 6.92 Å². The first-order valence-corrected chi connectivity index (χ1v) is 8.37. The first-order chi connectivity index (χ1) is 9.56. The van der Waals surface area contributed by atoms with Gasteiger partial charge in [-0.3, -0.25) is 0 Å². The van der Waals surface area contributed by atoms with Crippen LogP contribution in [0.5, 0.6) is 5.75 Å². The highest BCUT2D eigenvalue weighted by Gasteiger charge is 2.13. The minimum atomic E-state index is -0.919. The highest BCUT2D eigenvalue weighted by molar-refractivity contribution is 9.10. The number of carboxylic acids is 1. The van der Waals surface area contributed by atoms with Crippen LogP contribution in [0.1, 0.15) is 15.4 Å². The van der Waals surface area contributed by atoms with E-state index in [1.807, 2.05) is 24.3 Å². The van der Waals surface area contributed by atoms with Gasteiger partial charge in [0.2, 0.25) is 0 Å². The third-order valence-electron chi connectivity index (χ3n) is 2.36. The number of nitrogens with zero attached hydrogens (tertiary/aromatic N) is 1. The number of benzene rings is 1. The molecule has 0 atom stereocenters. The molecule has 2 aromatic rings. The number of carboxylic acid groups (broad SMARTS) is 1. The fraction of sp³-hybridized carbons (Fsp3) is 0.231. The Morgan fingerprint density at radius 2 is 2.15 bits per heavy atom. The maximum absolute atomic E-state index is 10.9. The summed E-state index contributed by atoms with van der Waals surface area (Å²) in [5.74, 6) is 0.621. The van der Waals surface area contributed by atoms with Crippen LogP contribution in [0.3, 0.4) is 0 Å². The summed E-state index contributed by atoms with van der Waals surface area (Å²) in [5, 5.41) is 8.95. The molecule has 0 fully saturated rings. The van der Waals surface area contributed by atoms with E-state index in [-0.39, 0.29) is 0 Å². The molecule has 0 aliphatic rings. The van der Waals surface area contributed by atoms with Crippen molar-refractivity contribution in [2.75, 3.05) is 12.4 Å². The van der Waals surface area contributed by atoms with Crippen molar-refractivity contribution in [2.24, 2.45) is 0 Å². The van der Waals surface area contributed by atoms with Crippen LogP contribution >= 0.6 is 39.0 Å². The lowest BCUT2D eigenvalue weighted by Crippen LogP contribution is -1.99. The number of thioether (sulfide) groups is 1. The zero-order valence-corrected chi connectivity index (χ0v) is 13.8. The van der Waals surface area contributed by atoms with E-state index in [0.717, 1.165) is 20.3 Å². The van der Waals surface area contributed by atoms with Gasteiger partial charge in [0, 0.05) is 10.2 Å². The second-order valence-electron chi connectivity index (χ2n) is 3.85. The van der Waals surface area contributed by atoms with E-state index < -0.39 is 5.97 Å². The molecule has 0 unspecified atom stereocenters. The smallest absolute Gasteiger partial charge is 0.347 e. The predicted molar refractivity (Wildman–Crippen MR) is 84.2 cm³/mol. The summed E-state index contributed by atoms with van der Waals surface area (Å²) in [6, 6.07) is 7.63. The SMILES string of the molecule is Cc1nc(SCCOc2ccc(Br)cc2)sc1C(=O)O. The first-order valence-electron chi connectivity index (χ1n) is 5.78. The lowest BCUT2D eigenvalue weighted by atomic mass is 10.3. The molecule has 0 spiro atoms. The number of hydrogen-bond donors (Lipinski definition) is 1. The van der Waals surface area contributed by atoms with Gasteiger partial charge in [0.1, 0.15) is 10.6 Å². The molecule has 0 aliphatic heterocycles. The van der Waals surface area contributed by atoms with Crippen LogP contribution in [0.2, 0.25) is 0 Å². The molecule has 0 radical (unpaired) electrons. The Balaban J connectivity index is 1.80. The van der Waals surface area contributed by atoms with Gasteiger partial charge in [-0.2, -0.15) is 0 Å². The molecular weight excluding hydrogens is 362 g/mol. The van der Waals surface area contributed by atoms with Crippen LogP contribution in [-0.4, -0.2) is 28.4 Å². The highest BCUT2D eigenvalue weighted by Crippen LogP contribution is 2.27. The minimum Gasteiger partial charge on any atom is -0.493 e. The third-order valence-corrected chi connectivity index (χ3v) is 5.14. The summed E-state index contributed by atoms with van der Waals surface area (Å²) in [6.45, 7) is 2.26. The quantitative estimate of drug-likeness (QED) is 0.610. The first kappa shape index (κ1) is 15.3. The molecular formula is C13H12BrNO3S2. The van der Waals surface area contributed by atoms with Gasteiger partial charge in [0.15, 0.2) is 4.34 Å². The number of aromatic carboxylic acids is 1. The summed E-state index contributed by atoms with van der Waals surface area (Å²) in [5.41, 5.74) is 0.568. The number of ether oxygens (including phenoxy) is 1. The largest absolute Gasteiger partial charge is 0.493 e. The normalized spacial score (nSPS) is 10.5. The van der Waals surface area contributed by atoms with Crippen LogP contribution in [0.4, 0.5) is 0 Å². The van der Waals surface area contributed by atoms with E-state index in [9.17, 15) is 4.79 Å². The lowest BCUT2D eigenvalue weighted by Gasteiger charge is -2.04. The van der Waals surface area contributed by atoms with Gasteiger partial charge in [-0.15, -0.1) is 11.3 Å². The molecule has 7 heteroatoms. The molecule has 106 valence electrons. The van der Waals surface area contributed by atoms with Crippen molar-refractivity contribution < 1.29 is 14.6 Å². The Kier molecular flexibility index (Phi) is 5.45. The lowest BCUT2D eigenvalue weighted by molar-refractivity contribution is 0.0701. The molecule has 0 aliphatic carbocycles. The van der Waals surface area contributed by atoms with Crippen molar-refractivity contribution >= 4 is 45.0 Å². The fourth-order valence-electron chi connectivity index (χ4n) is 1.45. The summed E-state index contributed by atoms with van der Waals surface area (Å²) in [7, 11) is 0. The average molecular weight is 374 g/mol. The number of rotatable bonds is 6. The fourth-order valence-corrected chi connectivity index (χ4v) is 3.63. The molecule has 0 bridgehead atoms. The van der Waals surface area contributed by atoms with Crippen molar-refractivity contribution in [1.82, 2.24) is 4.98 Å². The van der Waals surface area contributed by atoms with Crippen LogP contribution < -0.4 is 4.74 Å². The number of aromatic nitrogens is 1. The molecule has 20 heavy (non-hydrogen) atoms. The van der Waals surface area contributed by atoms with Crippen molar-refractivity contribution in [1.29, 1.82) is 0 Å². The monoisotopic (exact) mass is 373 g/mol. The maximum atomic E-state index is 10.9. The van der Waals surface area contributed by atoms with Gasteiger partial charge >= 0.3 is 5.97 Å². The highest BCUT2D eigenvalue weighted by atomic mass is 79.9. The molecule has 1 aromatic carbocycles. The second-order valence-corrected chi connectivity index (χ2v) is 7.11. The Bertz CT molecular complexity index is 598. The standard InChI is InChI=1S/C13H12BrNO3S2/c1-8-11(12(16)17)20-13(15-8)19-7-6-18-10-4-2-9(14)3-5-10/h2-5H,6-7H2,1H3,(H,16,17). The third kappa shape index (κ3) is 4.22. The molecule has 0 amide bonds. The summed E-state index contributed by atoms with van der Waals surface area (Å²) < 4.78 is 7.36. The van der Waals surface area contributed by atoms with Crippen molar-refractivity contribution in [2.45, 2.75) is 11.3 Å². The Morgan fingerprint density at radius 1 is 1.45 bits per heavy atom. The molecule has 1 N–H and O–H groups in total. The maximum Gasteiger partial charge on any atom is 0.347 e. The molecule has 4 nitrogen and oxygen atoms in total. The summed E-state index contributed by atoms with van der Waals surface area (Å²) >= 11 is 6.08. The van der Waals surface area contributed by atoms with Crippen molar-refractivity contribution in [3.8, 4) is 5.75 Å². The predicted octanol–water partition coefficient (Wildman–Crippen LogP) is 4.08. The van der Waals surface area contributed by atoms with E-state index in [0.29, 0.717) is 17.2 Å². The Labute approximate surface area is 133 Å². The molecule has 1 aromatic heterocycles. The van der Waals surface area contributed by atoms with Crippen molar-refractivity contribution in [3.05, 3.63) is 39.3 Å². The van der Waals surface area contributed by atoms with E-state index in [2.05, 4.69) is 20.9 Å². The number of carbonyl (C=O) groups is 1. The Morgan fingerprint density at radius 3 is 2.75 bits per heavy atom. The number of hydrogen-bond acceptors (Lipinski definition) is 5. The Hall–Kier alpha value is -1.05. The molecule has 0 saturated heterocycles. The summed E-state index contributed by atoms with van der Waals surface area (Å²) in [4.78, 5) is 15.4. The van der Waals surface area contributed by atoms with Gasteiger partial charge in [0.05, 0.1) is 12.3 Å². The minimum absolute atomic E-state index is 0.307. The molecule has 2 rings (SSSR count). The molecule has 1 heterocycles. The van der Waals surface area contributed by atoms with Gasteiger partial charge in [-0.05, 0) is 31.2 Å². The van der Waals surface area contributed by atoms with Crippen LogP contribution in [0, 0.1) is 6.92 Å². The summed E-state index contributed by atoms with van der Waals surface area (Å²) in [6.07, 6.45) is 0. The van der Waals surface area contributed by atoms with Gasteiger partial charge in [0.25, 0.3) is 0 Å².